The lowest BCUT2D eigenvalue weighted by Crippen LogP contribution is -2.54. The van der Waals surface area contributed by atoms with Gasteiger partial charge in [-0.3, -0.25) is 43.2 Å². The Morgan fingerprint density at radius 3 is 2.09 bits per heavy atom. The zero-order valence-electron chi connectivity index (χ0n) is 53.8. The first kappa shape index (κ1) is 73.8. The van der Waals surface area contributed by atoms with E-state index in [4.69, 9.17) is 25.1 Å². The Bertz CT molecular complexity index is 2440. The fourth-order valence-corrected chi connectivity index (χ4v) is 13.1. The van der Waals surface area contributed by atoms with Crippen LogP contribution in [0.25, 0.3) is 0 Å². The molecule has 22 nitrogen and oxygen atoms in total. The molecule has 0 spiro atoms. The summed E-state index contributed by atoms with van der Waals surface area (Å²) in [7, 11) is 4.86. The molecule has 1 aromatic carbocycles. The number of Topliss-reactive ketones (excluding diaryl/α,β-unsaturated/α-hetero) is 4. The Kier molecular flexibility index (Phi) is 31.1. The van der Waals surface area contributed by atoms with Gasteiger partial charge >= 0.3 is 12.0 Å². The second kappa shape index (κ2) is 36.7. The van der Waals surface area contributed by atoms with E-state index in [9.17, 15) is 53.1 Å². The number of benzene rings is 1. The van der Waals surface area contributed by atoms with E-state index >= 15 is 0 Å². The Morgan fingerprint density at radius 1 is 0.816 bits per heavy atom. The molecule has 6 amide bonds. The van der Waals surface area contributed by atoms with Gasteiger partial charge in [0, 0.05) is 115 Å². The number of nitrogens with one attached hydrogen (secondary N) is 4. The Hall–Kier alpha value is -5.68. The summed E-state index contributed by atoms with van der Waals surface area (Å²) in [6.45, 7) is 15.5. The van der Waals surface area contributed by atoms with Crippen molar-refractivity contribution in [3.63, 3.8) is 0 Å². The topological polar surface area (TPSA) is 319 Å². The van der Waals surface area contributed by atoms with Crippen LogP contribution in [-0.4, -0.2) is 175 Å². The van der Waals surface area contributed by atoms with Gasteiger partial charge in [0.05, 0.1) is 55.8 Å². The summed E-state index contributed by atoms with van der Waals surface area (Å²) in [5.74, 6) is -6.00. The number of carboxylic acid groups (broad SMARTS) is 1. The minimum absolute atomic E-state index is 0.00156. The molecule has 22 heteroatoms. The van der Waals surface area contributed by atoms with Gasteiger partial charge in [-0.15, -0.1) is 0 Å². The van der Waals surface area contributed by atoms with Crippen LogP contribution in [0.4, 0.5) is 10.5 Å². The first-order valence-electron chi connectivity index (χ1n) is 31.9. The molecule has 3 aliphatic rings. The molecular formula is C65H105N7O15. The highest BCUT2D eigenvalue weighted by Crippen LogP contribution is 2.38. The third kappa shape index (κ3) is 22.7. The van der Waals surface area contributed by atoms with Gasteiger partial charge in [0.1, 0.15) is 11.6 Å². The second-order valence-electron chi connectivity index (χ2n) is 25.7. The third-order valence-corrected chi connectivity index (χ3v) is 18.5. The Morgan fingerprint density at radius 2 is 1.52 bits per heavy atom. The lowest BCUT2D eigenvalue weighted by molar-refractivity contribution is -0.149. The number of primary amides is 1. The quantitative estimate of drug-likeness (QED) is 0.0366. The van der Waals surface area contributed by atoms with E-state index in [1.807, 2.05) is 20.8 Å². The Labute approximate surface area is 516 Å². The summed E-state index contributed by atoms with van der Waals surface area (Å²) in [5, 5.41) is 31.2. The number of aliphatic hydroxyl groups excluding tert-OH is 1. The van der Waals surface area contributed by atoms with Crippen LogP contribution in [0.15, 0.2) is 24.3 Å². The number of aliphatic carboxylic acids is 1. The minimum atomic E-state index is -1.05. The van der Waals surface area contributed by atoms with E-state index in [1.54, 1.807) is 75.9 Å². The molecule has 2 aliphatic heterocycles. The van der Waals surface area contributed by atoms with Crippen LogP contribution in [0.5, 0.6) is 0 Å². The third-order valence-electron chi connectivity index (χ3n) is 18.5. The largest absolute Gasteiger partial charge is 0.481 e. The number of piperidine rings is 1. The van der Waals surface area contributed by atoms with E-state index < -0.39 is 83.7 Å². The molecule has 0 aromatic heterocycles. The number of hydrogen-bond acceptors (Lipinski definition) is 15. The SMILES string of the molecule is CC[C@H](C)[C@@H]([C@@H](CC(=O)N1CCC[C@H]1[C@H](OC)[C@@H](C)C(=O)C[C@H](CO)Cc1ccc(NC(=O)[C@H](CCCNC(N)=O)CC(=O)C(NC(=O)CCOCCCC(=O)C(C)CC(=O)O)C(C)C)cc1)OC)N(C)C(=O)[C@@H](CC(=O)[C@H]1N[C@H]2CC[C@H]1C2)C(C)C. The number of rotatable bonds is 42. The first-order valence-corrected chi connectivity index (χ1v) is 31.9. The Balaban J connectivity index is 1.34. The highest BCUT2D eigenvalue weighted by atomic mass is 16.5. The number of likely N-dealkylation sites (N-methyl/N-ethyl adjacent to an activating group) is 1. The van der Waals surface area contributed by atoms with E-state index in [1.165, 1.54) is 7.11 Å². The number of nitrogens with zero attached hydrogens (tertiary/aromatic N) is 2. The van der Waals surface area contributed by atoms with Crippen LogP contribution in [0.2, 0.25) is 0 Å². The number of aliphatic hydroxyl groups is 1. The molecular weight excluding hydrogens is 1120 g/mol. The van der Waals surface area contributed by atoms with E-state index in [2.05, 4.69) is 28.2 Å². The number of likely N-dealkylation sites (tertiary alicyclic amines) is 1. The molecule has 87 heavy (non-hydrogen) atoms. The van der Waals surface area contributed by atoms with Gasteiger partial charge in [0.15, 0.2) is 11.6 Å². The molecule has 3 fully saturated rings. The van der Waals surface area contributed by atoms with Crippen molar-refractivity contribution in [2.75, 3.05) is 59.5 Å². The van der Waals surface area contributed by atoms with Crippen LogP contribution in [0.1, 0.15) is 164 Å². The van der Waals surface area contributed by atoms with Crippen LogP contribution in [-0.2, 0) is 63.8 Å². The average Bonchev–Trinajstić information content (AvgIpc) is 2.84. The number of anilines is 1. The first-order chi connectivity index (χ1) is 41.2. The monoisotopic (exact) mass is 1220 g/mol. The average molecular weight is 1220 g/mol. The van der Waals surface area contributed by atoms with Crippen LogP contribution < -0.4 is 27.0 Å². The highest BCUT2D eigenvalue weighted by molar-refractivity contribution is 5.97. The molecule has 1 aliphatic carbocycles. The van der Waals surface area contributed by atoms with Crippen molar-refractivity contribution in [1.82, 2.24) is 25.8 Å². The second-order valence-corrected chi connectivity index (χ2v) is 25.7. The molecule has 1 aromatic rings. The summed E-state index contributed by atoms with van der Waals surface area (Å²) in [6, 6.07) is 4.63. The lowest BCUT2D eigenvalue weighted by Gasteiger charge is -2.41. The zero-order chi connectivity index (χ0) is 64.7. The molecule has 490 valence electrons. The molecule has 2 heterocycles. The van der Waals surface area contributed by atoms with Crippen LogP contribution in [0.3, 0.4) is 0 Å². The van der Waals surface area contributed by atoms with Crippen molar-refractivity contribution in [2.24, 2.45) is 59.0 Å². The number of amides is 6. The van der Waals surface area contributed by atoms with Gasteiger partial charge in [-0.2, -0.15) is 0 Å². The minimum Gasteiger partial charge on any atom is -0.481 e. The van der Waals surface area contributed by atoms with Crippen LogP contribution in [0, 0.1) is 53.3 Å². The summed E-state index contributed by atoms with van der Waals surface area (Å²) < 4.78 is 17.7. The predicted octanol–water partition coefficient (Wildman–Crippen LogP) is 6.06. The number of hydrogen-bond donors (Lipinski definition) is 7. The molecule has 0 radical (unpaired) electrons. The fraction of sp³-hybridized carbons (Fsp3) is 0.754. The van der Waals surface area contributed by atoms with Crippen molar-refractivity contribution < 1.29 is 72.4 Å². The number of methoxy groups -OCH3 is 2. The van der Waals surface area contributed by atoms with Gasteiger partial charge < -0.3 is 61.2 Å². The lowest BCUT2D eigenvalue weighted by atomic mass is 9.83. The maximum Gasteiger partial charge on any atom is 0.312 e. The van der Waals surface area contributed by atoms with E-state index in [0.29, 0.717) is 56.3 Å². The van der Waals surface area contributed by atoms with E-state index in [0.717, 1.165) is 31.2 Å². The van der Waals surface area contributed by atoms with Gasteiger partial charge in [0.2, 0.25) is 23.6 Å². The van der Waals surface area contributed by atoms with Crippen molar-refractivity contribution in [1.29, 1.82) is 0 Å². The normalized spacial score (nSPS) is 20.8. The number of fused-ring (bicyclic) bond motifs is 2. The summed E-state index contributed by atoms with van der Waals surface area (Å²) >= 11 is 0. The fourth-order valence-electron chi connectivity index (χ4n) is 13.1. The maximum atomic E-state index is 14.5. The summed E-state index contributed by atoms with van der Waals surface area (Å²) in [5.41, 5.74) is 6.49. The van der Waals surface area contributed by atoms with Crippen molar-refractivity contribution >= 4 is 64.4 Å². The van der Waals surface area contributed by atoms with Gasteiger partial charge in [-0.05, 0) is 105 Å². The molecule has 14 atom stereocenters. The molecule has 1 saturated carbocycles. The van der Waals surface area contributed by atoms with Gasteiger partial charge in [0.25, 0.3) is 0 Å². The number of nitrogens with two attached hydrogens (primary N) is 1. The summed E-state index contributed by atoms with van der Waals surface area (Å²) in [6.07, 6.45) is 4.96. The van der Waals surface area contributed by atoms with Crippen molar-refractivity contribution in [3.05, 3.63) is 29.8 Å². The predicted molar refractivity (Wildman–Crippen MR) is 329 cm³/mol. The number of ketones is 4. The molecule has 2 unspecified atom stereocenters. The van der Waals surface area contributed by atoms with Crippen molar-refractivity contribution in [2.45, 2.75) is 207 Å². The molecule has 4 rings (SSSR count). The molecule has 2 bridgehead atoms. The number of ether oxygens (including phenoxy) is 3. The number of carbonyl (C=O) groups is 10. The molecule has 2 saturated heterocycles. The smallest absolute Gasteiger partial charge is 0.312 e. The maximum absolute atomic E-state index is 14.5. The van der Waals surface area contributed by atoms with Crippen molar-refractivity contribution in [3.8, 4) is 0 Å². The number of carbonyl (C=O) groups excluding carboxylic acids is 9. The standard InChI is InChI=1S/C65H105N7O15/c1-12-40(6)61(71(9)64(83)49(38(2)3)35-54(77)60-45-21-24-48(33-45)68-60)55(85-10)36-57(79)72-27-14-17-50(72)62(86-11)42(8)52(75)32-44(37-73)31-43-19-22-47(23-20-43)69-63(82)46(16-13-26-67-65(66)84)34-53(76)59(39(4)5)70-56(78)25-29-87-28-15-18-51(74)41(7)30-58(80)81/h19-20,22-23,38-42,44-46,48-50,55,59-62,68,73H,12-18,21,24-37H2,1-11H3,(H,69,82)(H,70,78)(H,80,81)(H3,66,67,84)/t40-,41?,42-,44+,45-,46+,48-,49-,50-,55+,59?,60-,61-,62+/m0/s1. The number of carboxylic acids is 1. The number of urea groups is 1. The van der Waals surface area contributed by atoms with Gasteiger partial charge in [-0.25, -0.2) is 4.79 Å². The zero-order valence-corrected chi connectivity index (χ0v) is 53.8. The highest BCUT2D eigenvalue weighted by Gasteiger charge is 2.46. The van der Waals surface area contributed by atoms with E-state index in [-0.39, 0.29) is 136 Å². The van der Waals surface area contributed by atoms with Crippen LogP contribution >= 0.6 is 0 Å². The molecule has 8 N–H and O–H groups in total. The summed E-state index contributed by atoms with van der Waals surface area (Å²) in [4.78, 5) is 135. The van der Waals surface area contributed by atoms with Gasteiger partial charge in [-0.1, -0.05) is 73.9 Å².